The third-order valence-electron chi connectivity index (χ3n) is 10.4. The lowest BCUT2D eigenvalue weighted by atomic mass is 9.45. The summed E-state index contributed by atoms with van der Waals surface area (Å²) in [6.07, 6.45) is 10.9. The number of rotatable bonds is 4. The molecule has 9 atom stereocenters. The number of halogens is 1. The molecule has 4 aliphatic carbocycles. The van der Waals surface area contributed by atoms with E-state index in [0.29, 0.717) is 35.7 Å². The van der Waals surface area contributed by atoms with Crippen LogP contribution in [0.15, 0.2) is 0 Å². The fraction of sp³-hybridized carbons (Fsp3) is 0.960. The van der Waals surface area contributed by atoms with Crippen LogP contribution in [0.3, 0.4) is 0 Å². The average Bonchev–Trinajstić information content (AvgIpc) is 3.22. The van der Waals surface area contributed by atoms with E-state index in [0.717, 1.165) is 37.7 Å². The van der Waals surface area contributed by atoms with Crippen LogP contribution >= 0.6 is 11.6 Å². The first-order valence-electron chi connectivity index (χ1n) is 12.3. The van der Waals surface area contributed by atoms with Gasteiger partial charge in [-0.1, -0.05) is 13.8 Å². The molecule has 5 heteroatoms. The number of fused-ring (bicyclic) bond motifs is 7. The van der Waals surface area contributed by atoms with E-state index in [1.807, 2.05) is 0 Å². The first-order chi connectivity index (χ1) is 14.3. The summed E-state index contributed by atoms with van der Waals surface area (Å²) in [7, 11) is 0. The van der Waals surface area contributed by atoms with Gasteiger partial charge >= 0.3 is 5.97 Å². The number of esters is 1. The van der Waals surface area contributed by atoms with E-state index in [4.69, 9.17) is 25.8 Å². The van der Waals surface area contributed by atoms with Gasteiger partial charge in [-0.25, -0.2) is 0 Å². The zero-order chi connectivity index (χ0) is 21.1. The third-order valence-corrected chi connectivity index (χ3v) is 10.5. The summed E-state index contributed by atoms with van der Waals surface area (Å²) in [5.74, 6) is 3.50. The maximum absolute atomic E-state index is 11.5. The molecule has 2 unspecified atom stereocenters. The number of hydrogen-bond donors (Lipinski definition) is 0. The fourth-order valence-electron chi connectivity index (χ4n) is 9.13. The highest BCUT2D eigenvalue weighted by molar-refractivity contribution is 6.17. The SMILES string of the molecule is CC(=O)OC1CC[C@@]2(C)[C@@H](CC[C@@H]3[C@@H]2CC[C@@]2(C)[C@H]3C[C@H]3CCOC32OCCCl)C1. The van der Waals surface area contributed by atoms with Gasteiger partial charge in [0.15, 0.2) is 5.79 Å². The standard InChI is InChI=1S/C25H39ClO4/c1-16(27)30-19-6-9-23(2)17(14-19)4-5-20-21(23)7-10-24(3)22(20)15-18-8-12-28-25(18,24)29-13-11-26/h17-22H,4-15H2,1-3H3/t17-,18+,19?,20+,21-,22-,23-,24-,25?/m0/s1. The average molecular weight is 439 g/mol. The topological polar surface area (TPSA) is 44.8 Å². The quantitative estimate of drug-likeness (QED) is 0.425. The Morgan fingerprint density at radius 2 is 1.87 bits per heavy atom. The summed E-state index contributed by atoms with van der Waals surface area (Å²) < 4.78 is 18.6. The summed E-state index contributed by atoms with van der Waals surface area (Å²) in [5, 5.41) is 0. The van der Waals surface area contributed by atoms with Crippen molar-refractivity contribution in [2.45, 2.75) is 90.4 Å². The third kappa shape index (κ3) is 2.95. The fourth-order valence-corrected chi connectivity index (χ4v) is 9.21. The van der Waals surface area contributed by atoms with E-state index in [9.17, 15) is 4.79 Å². The molecule has 4 nitrogen and oxygen atoms in total. The molecule has 0 aromatic rings. The molecule has 0 N–H and O–H groups in total. The van der Waals surface area contributed by atoms with Gasteiger partial charge in [0, 0.05) is 24.1 Å². The molecule has 0 amide bonds. The summed E-state index contributed by atoms with van der Waals surface area (Å²) in [6.45, 7) is 8.01. The predicted octanol–water partition coefficient (Wildman–Crippen LogP) is 5.56. The molecule has 30 heavy (non-hydrogen) atoms. The Hall–Kier alpha value is -0.320. The van der Waals surface area contributed by atoms with Gasteiger partial charge < -0.3 is 14.2 Å². The van der Waals surface area contributed by atoms with E-state index >= 15 is 0 Å². The van der Waals surface area contributed by atoms with E-state index in [2.05, 4.69) is 13.8 Å². The van der Waals surface area contributed by atoms with Gasteiger partial charge in [0.05, 0.1) is 13.2 Å². The van der Waals surface area contributed by atoms with Crippen molar-refractivity contribution in [1.29, 1.82) is 0 Å². The van der Waals surface area contributed by atoms with Gasteiger partial charge in [-0.05, 0) is 86.9 Å². The highest BCUT2D eigenvalue weighted by Crippen LogP contribution is 2.71. The number of hydrogen-bond acceptors (Lipinski definition) is 4. The van der Waals surface area contributed by atoms with Gasteiger partial charge in [-0.15, -0.1) is 11.6 Å². The monoisotopic (exact) mass is 438 g/mol. The van der Waals surface area contributed by atoms with Crippen LogP contribution < -0.4 is 0 Å². The number of alkyl halides is 1. The van der Waals surface area contributed by atoms with E-state index < -0.39 is 5.79 Å². The molecule has 1 saturated heterocycles. The second kappa shape index (κ2) is 7.63. The molecule has 170 valence electrons. The Bertz CT molecular complexity index is 684. The van der Waals surface area contributed by atoms with Crippen LogP contribution in [0.5, 0.6) is 0 Å². The lowest BCUT2D eigenvalue weighted by Crippen LogP contribution is -2.58. The Morgan fingerprint density at radius 1 is 1.03 bits per heavy atom. The van der Waals surface area contributed by atoms with Crippen molar-refractivity contribution in [2.24, 2.45) is 40.4 Å². The zero-order valence-electron chi connectivity index (χ0n) is 19.0. The van der Waals surface area contributed by atoms with E-state index in [1.54, 1.807) is 6.92 Å². The molecule has 5 fully saturated rings. The maximum Gasteiger partial charge on any atom is 0.302 e. The molecular formula is C25H39ClO4. The Kier molecular flexibility index (Phi) is 5.47. The van der Waals surface area contributed by atoms with Crippen molar-refractivity contribution in [1.82, 2.24) is 0 Å². The van der Waals surface area contributed by atoms with Crippen LogP contribution in [0.2, 0.25) is 0 Å². The minimum atomic E-state index is -0.401. The minimum absolute atomic E-state index is 0.111. The number of carbonyl (C=O) groups is 1. The summed E-state index contributed by atoms with van der Waals surface area (Å²) in [5.41, 5.74) is 0.503. The van der Waals surface area contributed by atoms with Crippen LogP contribution in [0.1, 0.15) is 78.6 Å². The molecule has 0 bridgehead atoms. The van der Waals surface area contributed by atoms with Crippen molar-refractivity contribution in [3.8, 4) is 0 Å². The molecule has 0 spiro atoms. The summed E-state index contributed by atoms with van der Waals surface area (Å²) >= 11 is 6.02. The lowest BCUT2D eigenvalue weighted by molar-refractivity contribution is -0.292. The van der Waals surface area contributed by atoms with Crippen molar-refractivity contribution < 1.29 is 19.0 Å². The Labute approximate surface area is 186 Å². The van der Waals surface area contributed by atoms with Crippen molar-refractivity contribution in [3.05, 3.63) is 0 Å². The van der Waals surface area contributed by atoms with Gasteiger partial charge in [0.25, 0.3) is 0 Å². The van der Waals surface area contributed by atoms with Gasteiger partial charge in [-0.2, -0.15) is 0 Å². The Balaban J connectivity index is 1.38. The molecule has 5 rings (SSSR count). The zero-order valence-corrected chi connectivity index (χ0v) is 19.7. The Morgan fingerprint density at radius 3 is 2.63 bits per heavy atom. The van der Waals surface area contributed by atoms with Crippen LogP contribution in [0.4, 0.5) is 0 Å². The molecule has 0 aromatic heterocycles. The number of carbonyl (C=O) groups excluding carboxylic acids is 1. The molecule has 1 heterocycles. The van der Waals surface area contributed by atoms with Gasteiger partial charge in [-0.3, -0.25) is 4.79 Å². The van der Waals surface area contributed by atoms with Crippen LogP contribution in [0, 0.1) is 40.4 Å². The smallest absolute Gasteiger partial charge is 0.302 e. The van der Waals surface area contributed by atoms with E-state index in [-0.39, 0.29) is 17.5 Å². The van der Waals surface area contributed by atoms with Crippen molar-refractivity contribution >= 4 is 17.6 Å². The van der Waals surface area contributed by atoms with Crippen LogP contribution in [-0.2, 0) is 19.0 Å². The van der Waals surface area contributed by atoms with Crippen LogP contribution in [0.25, 0.3) is 0 Å². The number of ether oxygens (including phenoxy) is 3. The molecular weight excluding hydrogens is 400 g/mol. The second-order valence-corrected chi connectivity index (χ2v) is 11.8. The summed E-state index contributed by atoms with van der Waals surface area (Å²) in [4.78, 5) is 11.5. The predicted molar refractivity (Wildman–Crippen MR) is 116 cm³/mol. The lowest BCUT2D eigenvalue weighted by Gasteiger charge is -2.61. The highest BCUT2D eigenvalue weighted by atomic mass is 35.5. The minimum Gasteiger partial charge on any atom is -0.463 e. The first kappa shape index (κ1) is 21.5. The van der Waals surface area contributed by atoms with Gasteiger partial charge in [0.2, 0.25) is 0 Å². The highest BCUT2D eigenvalue weighted by Gasteiger charge is 2.71. The molecule has 0 aromatic carbocycles. The molecule has 1 aliphatic heterocycles. The first-order valence-corrected chi connectivity index (χ1v) is 12.9. The largest absolute Gasteiger partial charge is 0.463 e. The van der Waals surface area contributed by atoms with E-state index in [1.165, 1.54) is 38.5 Å². The molecule has 0 radical (unpaired) electrons. The van der Waals surface area contributed by atoms with Crippen molar-refractivity contribution in [2.75, 3.05) is 19.1 Å². The molecule has 4 saturated carbocycles. The summed E-state index contributed by atoms with van der Waals surface area (Å²) in [6, 6.07) is 0. The normalized spacial score (nSPS) is 52.1. The van der Waals surface area contributed by atoms with Gasteiger partial charge in [0.1, 0.15) is 6.10 Å². The maximum atomic E-state index is 11.5. The molecule has 5 aliphatic rings. The second-order valence-electron chi connectivity index (χ2n) is 11.4. The van der Waals surface area contributed by atoms with Crippen LogP contribution in [-0.4, -0.2) is 37.0 Å². The van der Waals surface area contributed by atoms with Crippen molar-refractivity contribution in [3.63, 3.8) is 0 Å².